The number of guanidine groups is 1. The minimum atomic E-state index is -4.32. The molecular weight excluding hydrogens is 407 g/mol. The molecule has 4 unspecified atom stereocenters. The van der Waals surface area contributed by atoms with Gasteiger partial charge in [-0.05, 0) is 81.4 Å². The van der Waals surface area contributed by atoms with Crippen LogP contribution in [0.15, 0.2) is 28.5 Å². The molecule has 1 saturated heterocycles. The van der Waals surface area contributed by atoms with Crippen LogP contribution >= 0.6 is 0 Å². The molecule has 0 aromatic rings. The summed E-state index contributed by atoms with van der Waals surface area (Å²) in [5.41, 5.74) is 6.59. The number of hydrogen-bond acceptors (Lipinski definition) is 5. The van der Waals surface area contributed by atoms with E-state index in [9.17, 15) is 13.2 Å². The molecule has 0 aromatic carbocycles. The number of nitrogens with two attached hydrogens (primary N) is 1. The molecule has 5 rings (SSSR count). The summed E-state index contributed by atoms with van der Waals surface area (Å²) in [5.74, 6) is 1.12. The molecule has 0 aromatic heterocycles. The number of methoxy groups -OCH3 is 2. The first kappa shape index (κ1) is 21.2. The predicted octanol–water partition coefficient (Wildman–Crippen LogP) is 4.29. The SMILES string of the molecule is COC1=CCC2CC3(CCC(OC)CC3)C3(N=C(N)N4C(C(F)(F)F)CCCC43)C2=C1. The summed E-state index contributed by atoms with van der Waals surface area (Å²) in [5, 5.41) is 0. The van der Waals surface area contributed by atoms with Crippen LogP contribution in [-0.4, -0.2) is 55.0 Å². The minimum absolute atomic E-state index is 0.0651. The second-order valence-corrected chi connectivity index (χ2v) is 9.91. The summed E-state index contributed by atoms with van der Waals surface area (Å²) in [6.45, 7) is 0. The van der Waals surface area contributed by atoms with E-state index < -0.39 is 17.8 Å². The summed E-state index contributed by atoms with van der Waals surface area (Å²) in [7, 11) is 3.38. The van der Waals surface area contributed by atoms with Gasteiger partial charge >= 0.3 is 6.18 Å². The van der Waals surface area contributed by atoms with E-state index in [1.165, 1.54) is 4.90 Å². The summed E-state index contributed by atoms with van der Waals surface area (Å²) < 4.78 is 53.2. The van der Waals surface area contributed by atoms with Gasteiger partial charge in [-0.2, -0.15) is 13.2 Å². The van der Waals surface area contributed by atoms with Crippen molar-refractivity contribution in [3.63, 3.8) is 0 Å². The molecule has 4 atom stereocenters. The lowest BCUT2D eigenvalue weighted by molar-refractivity contribution is -0.188. The van der Waals surface area contributed by atoms with Crippen LogP contribution in [0, 0.1) is 11.3 Å². The zero-order valence-corrected chi connectivity index (χ0v) is 18.3. The van der Waals surface area contributed by atoms with Gasteiger partial charge in [-0.1, -0.05) is 0 Å². The first-order valence-electron chi connectivity index (χ1n) is 11.4. The van der Waals surface area contributed by atoms with Gasteiger partial charge < -0.3 is 20.1 Å². The molecule has 3 fully saturated rings. The fourth-order valence-electron chi connectivity index (χ4n) is 7.46. The van der Waals surface area contributed by atoms with Crippen molar-refractivity contribution in [3.05, 3.63) is 23.5 Å². The Balaban J connectivity index is 1.64. The largest absolute Gasteiger partial charge is 0.497 e. The third-order valence-corrected chi connectivity index (χ3v) is 8.73. The van der Waals surface area contributed by atoms with E-state index in [0.717, 1.165) is 49.9 Å². The highest BCUT2D eigenvalue weighted by Gasteiger charge is 2.70. The maximum Gasteiger partial charge on any atom is 0.408 e. The maximum atomic E-state index is 14.0. The van der Waals surface area contributed by atoms with E-state index in [1.807, 2.05) is 0 Å². The van der Waals surface area contributed by atoms with Crippen molar-refractivity contribution < 1.29 is 22.6 Å². The summed E-state index contributed by atoms with van der Waals surface area (Å²) in [4.78, 5) is 6.47. The Morgan fingerprint density at radius 3 is 2.55 bits per heavy atom. The van der Waals surface area contributed by atoms with Crippen molar-refractivity contribution in [2.45, 2.75) is 87.7 Å². The predicted molar refractivity (Wildman–Crippen MR) is 111 cm³/mol. The molecule has 0 bridgehead atoms. The fraction of sp³-hybridized carbons (Fsp3) is 0.783. The van der Waals surface area contributed by atoms with E-state index in [4.69, 9.17) is 20.2 Å². The zero-order valence-electron chi connectivity index (χ0n) is 18.3. The van der Waals surface area contributed by atoms with Crippen LogP contribution in [0.25, 0.3) is 0 Å². The number of aliphatic imine (C=N–C) groups is 1. The third-order valence-electron chi connectivity index (χ3n) is 8.73. The number of fused-ring (bicyclic) bond motifs is 5. The molecule has 2 heterocycles. The maximum absolute atomic E-state index is 14.0. The lowest BCUT2D eigenvalue weighted by Crippen LogP contribution is -2.63. The highest BCUT2D eigenvalue weighted by Crippen LogP contribution is 2.67. The molecule has 0 radical (unpaired) electrons. The first-order valence-corrected chi connectivity index (χ1v) is 11.4. The van der Waals surface area contributed by atoms with Gasteiger partial charge in [-0.15, -0.1) is 0 Å². The lowest BCUT2D eigenvalue weighted by atomic mass is 9.58. The van der Waals surface area contributed by atoms with Crippen LogP contribution in [0.2, 0.25) is 0 Å². The number of piperidine rings is 1. The minimum Gasteiger partial charge on any atom is -0.497 e. The molecule has 2 N–H and O–H groups in total. The topological polar surface area (TPSA) is 60.1 Å². The zero-order chi connectivity index (χ0) is 22.0. The van der Waals surface area contributed by atoms with E-state index in [2.05, 4.69) is 12.2 Å². The van der Waals surface area contributed by atoms with Gasteiger partial charge in [0, 0.05) is 12.5 Å². The highest BCUT2D eigenvalue weighted by molar-refractivity contribution is 5.83. The van der Waals surface area contributed by atoms with Crippen LogP contribution in [-0.2, 0) is 9.47 Å². The van der Waals surface area contributed by atoms with Crippen LogP contribution in [0.3, 0.4) is 0 Å². The second kappa shape index (κ2) is 7.15. The lowest BCUT2D eigenvalue weighted by Gasteiger charge is -2.52. The van der Waals surface area contributed by atoms with Gasteiger partial charge in [0.2, 0.25) is 0 Å². The number of halogens is 3. The number of rotatable bonds is 2. The Hall–Kier alpha value is -1.70. The molecular formula is C23H32F3N3O2. The van der Waals surface area contributed by atoms with Gasteiger partial charge in [0.15, 0.2) is 5.96 Å². The Labute approximate surface area is 181 Å². The van der Waals surface area contributed by atoms with Crippen LogP contribution < -0.4 is 5.73 Å². The van der Waals surface area contributed by atoms with Crippen molar-refractivity contribution >= 4 is 5.96 Å². The molecule has 8 heteroatoms. The molecule has 2 spiro atoms. The van der Waals surface area contributed by atoms with Crippen molar-refractivity contribution in [2.75, 3.05) is 14.2 Å². The Morgan fingerprint density at radius 1 is 1.16 bits per heavy atom. The molecule has 2 saturated carbocycles. The van der Waals surface area contributed by atoms with Gasteiger partial charge in [0.1, 0.15) is 17.3 Å². The molecule has 3 aliphatic carbocycles. The van der Waals surface area contributed by atoms with Crippen LogP contribution in [0.5, 0.6) is 0 Å². The smallest absolute Gasteiger partial charge is 0.408 e. The molecule has 5 aliphatic rings. The normalized spacial score (nSPS) is 42.2. The van der Waals surface area contributed by atoms with Gasteiger partial charge in [0.05, 0.1) is 19.3 Å². The Kier molecular flexibility index (Phi) is 4.88. The number of nitrogens with zero attached hydrogens (tertiary/aromatic N) is 2. The van der Waals surface area contributed by atoms with Gasteiger partial charge in [-0.3, -0.25) is 0 Å². The number of ether oxygens (including phenoxy) is 2. The van der Waals surface area contributed by atoms with Crippen LogP contribution in [0.4, 0.5) is 13.2 Å². The van der Waals surface area contributed by atoms with E-state index in [0.29, 0.717) is 12.8 Å². The van der Waals surface area contributed by atoms with E-state index >= 15 is 0 Å². The van der Waals surface area contributed by atoms with E-state index in [1.54, 1.807) is 14.2 Å². The summed E-state index contributed by atoms with van der Waals surface area (Å²) in [6, 6.07) is -1.90. The first-order chi connectivity index (χ1) is 14.8. The molecule has 5 nitrogen and oxygen atoms in total. The quantitative estimate of drug-likeness (QED) is 0.697. The molecule has 172 valence electrons. The molecule has 31 heavy (non-hydrogen) atoms. The average Bonchev–Trinajstić information content (AvgIpc) is 3.21. The van der Waals surface area contributed by atoms with Gasteiger partial charge in [0.25, 0.3) is 0 Å². The average molecular weight is 440 g/mol. The Bertz CT molecular complexity index is 828. The van der Waals surface area contributed by atoms with Crippen molar-refractivity contribution in [3.8, 4) is 0 Å². The monoisotopic (exact) mass is 439 g/mol. The number of hydrogen-bond donors (Lipinski definition) is 1. The van der Waals surface area contributed by atoms with Crippen molar-refractivity contribution in [2.24, 2.45) is 22.1 Å². The fourth-order valence-corrected chi connectivity index (χ4v) is 7.46. The van der Waals surface area contributed by atoms with E-state index in [-0.39, 0.29) is 35.9 Å². The van der Waals surface area contributed by atoms with Crippen LogP contribution in [0.1, 0.15) is 57.8 Å². The second-order valence-electron chi connectivity index (χ2n) is 9.91. The molecule has 0 amide bonds. The Morgan fingerprint density at radius 2 is 1.90 bits per heavy atom. The van der Waals surface area contributed by atoms with Crippen molar-refractivity contribution in [1.29, 1.82) is 0 Å². The van der Waals surface area contributed by atoms with Gasteiger partial charge in [-0.25, -0.2) is 4.99 Å². The number of alkyl halides is 3. The third kappa shape index (κ3) is 2.89. The summed E-state index contributed by atoms with van der Waals surface area (Å²) >= 11 is 0. The number of allylic oxidation sites excluding steroid dienone is 2. The van der Waals surface area contributed by atoms with Crippen molar-refractivity contribution in [1.82, 2.24) is 4.90 Å². The summed E-state index contributed by atoms with van der Waals surface area (Å²) in [6.07, 6.45) is 6.76. The standard InChI is InChI=1S/C23H32F3N3O2/c1-30-15-8-10-21(11-9-15)13-14-6-7-16(31-2)12-17(14)22(21)18-4-3-5-19(23(24,25)26)29(18)20(27)28-22/h7,12,14-15,18-19H,3-6,8-11,13H2,1-2H3,(H2,27,28). The highest BCUT2D eigenvalue weighted by atomic mass is 19.4. The molecule has 2 aliphatic heterocycles.